The summed E-state index contributed by atoms with van der Waals surface area (Å²) in [7, 11) is 0. The molecule has 2 rings (SSSR count). The van der Waals surface area contributed by atoms with Gasteiger partial charge < -0.3 is 15.4 Å². The molecule has 2 aromatic carbocycles. The molecular weight excluding hydrogens is 342 g/mol. The molecule has 0 radical (unpaired) electrons. The summed E-state index contributed by atoms with van der Waals surface area (Å²) in [5.41, 5.74) is 0.855. The molecule has 5 nitrogen and oxygen atoms in total. The van der Waals surface area contributed by atoms with E-state index >= 15 is 0 Å². The van der Waals surface area contributed by atoms with Crippen LogP contribution >= 0.6 is 0 Å². The van der Waals surface area contributed by atoms with Gasteiger partial charge in [0.25, 0.3) is 0 Å². The number of benzene rings is 2. The van der Waals surface area contributed by atoms with Gasteiger partial charge in [-0.15, -0.1) is 0 Å². The number of halogens is 2. The van der Waals surface area contributed by atoms with Gasteiger partial charge >= 0.3 is 0 Å². The van der Waals surface area contributed by atoms with Gasteiger partial charge in [-0.3, -0.25) is 9.59 Å². The second-order valence-electron chi connectivity index (χ2n) is 5.79. The molecule has 138 valence electrons. The maximum atomic E-state index is 13.5. The second kappa shape index (κ2) is 9.50. The van der Waals surface area contributed by atoms with E-state index in [0.29, 0.717) is 0 Å². The van der Waals surface area contributed by atoms with Crippen molar-refractivity contribution < 1.29 is 23.1 Å². The van der Waals surface area contributed by atoms with Gasteiger partial charge in [-0.05, 0) is 24.6 Å². The predicted octanol–water partition coefficient (Wildman–Crippen LogP) is 2.21. The largest absolute Gasteiger partial charge is 0.488 e. The van der Waals surface area contributed by atoms with Crippen molar-refractivity contribution in [1.82, 2.24) is 10.6 Å². The van der Waals surface area contributed by atoms with E-state index < -0.39 is 17.7 Å². The summed E-state index contributed by atoms with van der Waals surface area (Å²) < 4.78 is 31.5. The van der Waals surface area contributed by atoms with Crippen molar-refractivity contribution in [2.45, 2.75) is 19.4 Å². The van der Waals surface area contributed by atoms with Crippen LogP contribution in [0.3, 0.4) is 0 Å². The molecule has 26 heavy (non-hydrogen) atoms. The van der Waals surface area contributed by atoms with Crippen molar-refractivity contribution in [2.24, 2.45) is 0 Å². The van der Waals surface area contributed by atoms with Crippen LogP contribution in [0.5, 0.6) is 5.75 Å². The molecule has 0 saturated heterocycles. The molecule has 0 saturated carbocycles. The van der Waals surface area contributed by atoms with Gasteiger partial charge in [-0.1, -0.05) is 30.3 Å². The van der Waals surface area contributed by atoms with E-state index in [-0.39, 0.29) is 37.1 Å². The lowest BCUT2D eigenvalue weighted by Crippen LogP contribution is -2.43. The van der Waals surface area contributed by atoms with Crippen LogP contribution in [0.1, 0.15) is 12.5 Å². The van der Waals surface area contributed by atoms with E-state index in [4.69, 9.17) is 4.74 Å². The monoisotopic (exact) mass is 362 g/mol. The Bertz CT molecular complexity index is 754. The topological polar surface area (TPSA) is 67.4 Å². The van der Waals surface area contributed by atoms with Crippen LogP contribution in [0, 0.1) is 11.6 Å². The van der Waals surface area contributed by atoms with Gasteiger partial charge in [0.15, 0.2) is 11.6 Å². The maximum absolute atomic E-state index is 13.5. The molecule has 0 bridgehead atoms. The number of carbonyl (C=O) groups is 2. The lowest BCUT2D eigenvalue weighted by molar-refractivity contribution is -0.126. The minimum absolute atomic E-state index is 0.00620. The Morgan fingerprint density at radius 3 is 2.50 bits per heavy atom. The molecule has 1 unspecified atom stereocenters. The number of carbonyl (C=O) groups excluding carboxylic acids is 2. The van der Waals surface area contributed by atoms with E-state index in [0.717, 1.165) is 17.7 Å². The van der Waals surface area contributed by atoms with Crippen LogP contribution in [0.4, 0.5) is 8.78 Å². The number of ether oxygens (including phenoxy) is 1. The third-order valence-electron chi connectivity index (χ3n) is 3.44. The van der Waals surface area contributed by atoms with Gasteiger partial charge in [-0.25, -0.2) is 8.78 Å². The molecule has 0 aliphatic carbocycles. The fraction of sp³-hybridized carbons (Fsp3) is 0.263. The number of hydrogen-bond acceptors (Lipinski definition) is 3. The summed E-state index contributed by atoms with van der Waals surface area (Å²) in [6.07, 6.45) is 0.191. The summed E-state index contributed by atoms with van der Waals surface area (Å²) in [5.74, 6) is -2.24. The Hall–Kier alpha value is -2.96. The molecule has 0 spiro atoms. The average molecular weight is 362 g/mol. The molecule has 2 N–H and O–H groups in total. The van der Waals surface area contributed by atoms with Crippen molar-refractivity contribution >= 4 is 11.8 Å². The number of nitrogens with one attached hydrogen (secondary N) is 2. The Morgan fingerprint density at radius 2 is 1.81 bits per heavy atom. The van der Waals surface area contributed by atoms with Crippen molar-refractivity contribution in [3.63, 3.8) is 0 Å². The standard InChI is InChI=1S/C19H20F2N2O3/c1-13(12-26-17-8-7-15(20)10-16(17)21)23-19(25)11-22-18(24)9-14-5-3-2-4-6-14/h2-8,10,13H,9,11-12H2,1H3,(H,22,24)(H,23,25). The first-order chi connectivity index (χ1) is 12.4. The lowest BCUT2D eigenvalue weighted by atomic mass is 10.1. The van der Waals surface area contributed by atoms with Crippen molar-refractivity contribution in [1.29, 1.82) is 0 Å². The maximum Gasteiger partial charge on any atom is 0.239 e. The predicted molar refractivity (Wildman–Crippen MR) is 92.6 cm³/mol. The first kappa shape index (κ1) is 19.4. The molecule has 0 aliphatic rings. The first-order valence-electron chi connectivity index (χ1n) is 8.12. The van der Waals surface area contributed by atoms with Crippen LogP contribution in [-0.2, 0) is 16.0 Å². The van der Waals surface area contributed by atoms with Crippen LogP contribution in [0.2, 0.25) is 0 Å². The van der Waals surface area contributed by atoms with Gasteiger partial charge in [0.2, 0.25) is 11.8 Å². The number of amides is 2. The zero-order chi connectivity index (χ0) is 18.9. The van der Waals surface area contributed by atoms with E-state index in [1.165, 1.54) is 6.07 Å². The van der Waals surface area contributed by atoms with Crippen LogP contribution < -0.4 is 15.4 Å². The summed E-state index contributed by atoms with van der Waals surface area (Å²) in [6.45, 7) is 1.51. The molecule has 0 aromatic heterocycles. The van der Waals surface area contributed by atoms with E-state index in [9.17, 15) is 18.4 Å². The van der Waals surface area contributed by atoms with Crippen molar-refractivity contribution in [3.8, 4) is 5.75 Å². The highest BCUT2D eigenvalue weighted by Crippen LogP contribution is 2.17. The second-order valence-corrected chi connectivity index (χ2v) is 5.79. The highest BCUT2D eigenvalue weighted by atomic mass is 19.1. The fourth-order valence-corrected chi connectivity index (χ4v) is 2.20. The van der Waals surface area contributed by atoms with Gasteiger partial charge in [0, 0.05) is 6.07 Å². The van der Waals surface area contributed by atoms with Gasteiger partial charge in [0.05, 0.1) is 19.0 Å². The molecule has 2 aromatic rings. The molecule has 7 heteroatoms. The highest BCUT2D eigenvalue weighted by molar-refractivity contribution is 5.85. The lowest BCUT2D eigenvalue weighted by Gasteiger charge is -2.15. The molecule has 0 aliphatic heterocycles. The molecule has 2 amide bonds. The zero-order valence-corrected chi connectivity index (χ0v) is 14.3. The van der Waals surface area contributed by atoms with Crippen LogP contribution in [-0.4, -0.2) is 31.0 Å². The molecule has 1 atom stereocenters. The summed E-state index contributed by atoms with van der Waals surface area (Å²) in [6, 6.07) is 11.8. The minimum Gasteiger partial charge on any atom is -0.488 e. The molecule has 0 fully saturated rings. The van der Waals surface area contributed by atoms with Gasteiger partial charge in [-0.2, -0.15) is 0 Å². The van der Waals surface area contributed by atoms with Crippen LogP contribution in [0.15, 0.2) is 48.5 Å². The first-order valence-corrected chi connectivity index (χ1v) is 8.12. The minimum atomic E-state index is -0.809. The quantitative estimate of drug-likeness (QED) is 0.757. The van der Waals surface area contributed by atoms with Crippen molar-refractivity contribution in [3.05, 3.63) is 65.7 Å². The van der Waals surface area contributed by atoms with Crippen molar-refractivity contribution in [2.75, 3.05) is 13.2 Å². The third-order valence-corrected chi connectivity index (χ3v) is 3.44. The average Bonchev–Trinajstić information content (AvgIpc) is 2.60. The summed E-state index contributed by atoms with van der Waals surface area (Å²) in [4.78, 5) is 23.6. The molecular formula is C19H20F2N2O3. The van der Waals surface area contributed by atoms with E-state index in [1.54, 1.807) is 6.92 Å². The smallest absolute Gasteiger partial charge is 0.239 e. The fourth-order valence-electron chi connectivity index (χ4n) is 2.20. The van der Waals surface area contributed by atoms with Gasteiger partial charge in [0.1, 0.15) is 12.4 Å². The Balaban J connectivity index is 1.69. The normalized spacial score (nSPS) is 11.5. The molecule has 0 heterocycles. The van der Waals surface area contributed by atoms with E-state index in [1.807, 2.05) is 30.3 Å². The summed E-state index contributed by atoms with van der Waals surface area (Å²) >= 11 is 0. The Kier molecular flexibility index (Phi) is 7.08. The highest BCUT2D eigenvalue weighted by Gasteiger charge is 2.11. The van der Waals surface area contributed by atoms with Crippen LogP contribution in [0.25, 0.3) is 0 Å². The third kappa shape index (κ3) is 6.51. The Morgan fingerprint density at radius 1 is 1.08 bits per heavy atom. The number of rotatable bonds is 8. The number of hydrogen-bond donors (Lipinski definition) is 2. The SMILES string of the molecule is CC(COc1ccc(F)cc1F)NC(=O)CNC(=O)Cc1ccccc1. The summed E-state index contributed by atoms with van der Waals surface area (Å²) in [5, 5.41) is 5.16. The van der Waals surface area contributed by atoms with E-state index in [2.05, 4.69) is 10.6 Å². The zero-order valence-electron chi connectivity index (χ0n) is 14.3. The Labute approximate surface area is 150 Å².